The summed E-state index contributed by atoms with van der Waals surface area (Å²) in [5, 5.41) is 0. The number of benzene rings is 2. The van der Waals surface area contributed by atoms with Crippen LogP contribution in [0.3, 0.4) is 0 Å². The first kappa shape index (κ1) is 21.1. The second-order valence-electron chi connectivity index (χ2n) is 6.43. The Bertz CT molecular complexity index is 963. The van der Waals surface area contributed by atoms with Gasteiger partial charge in [-0.25, -0.2) is 8.42 Å². The molecule has 1 atom stereocenters. The molecule has 156 valence electrons. The van der Waals surface area contributed by atoms with Crippen molar-refractivity contribution in [3.05, 3.63) is 60.2 Å². The van der Waals surface area contributed by atoms with E-state index in [4.69, 9.17) is 4.74 Å². The maximum atomic E-state index is 13.2. The Hall–Kier alpha value is -2.59. The van der Waals surface area contributed by atoms with Crippen molar-refractivity contribution in [3.63, 3.8) is 0 Å². The molecule has 2 aromatic carbocycles. The summed E-state index contributed by atoms with van der Waals surface area (Å²) in [4.78, 5) is 12.6. The Kier molecular flexibility index (Phi) is 5.85. The number of carbonyl (C=O) groups is 1. The summed E-state index contributed by atoms with van der Waals surface area (Å²) < 4.78 is 72.0. The van der Waals surface area contributed by atoms with Crippen LogP contribution in [-0.2, 0) is 14.8 Å². The van der Waals surface area contributed by atoms with E-state index in [1.165, 1.54) is 55.6 Å². The van der Waals surface area contributed by atoms with Crippen molar-refractivity contribution in [3.8, 4) is 5.75 Å². The average molecular weight is 428 g/mol. The molecule has 1 aliphatic rings. The molecule has 1 fully saturated rings. The maximum absolute atomic E-state index is 13.2. The van der Waals surface area contributed by atoms with E-state index in [-0.39, 0.29) is 30.0 Å². The van der Waals surface area contributed by atoms with Crippen LogP contribution in [0.25, 0.3) is 0 Å². The van der Waals surface area contributed by atoms with Crippen LogP contribution in [0.5, 0.6) is 5.75 Å². The number of ether oxygens (including phenoxy) is 1. The van der Waals surface area contributed by atoms with Gasteiger partial charge in [-0.05, 0) is 36.2 Å². The summed E-state index contributed by atoms with van der Waals surface area (Å²) in [5.41, 5.74) is 0.239. The largest absolute Gasteiger partial charge is 0.497 e. The predicted octanol–water partition coefficient (Wildman–Crippen LogP) is 3.18. The molecule has 0 spiro atoms. The van der Waals surface area contributed by atoms with Gasteiger partial charge in [-0.2, -0.15) is 17.5 Å². The van der Waals surface area contributed by atoms with Gasteiger partial charge in [0.1, 0.15) is 11.9 Å². The summed E-state index contributed by atoms with van der Waals surface area (Å²) in [5.74, 6) is -1.62. The fraction of sp³-hybridized carbons (Fsp3) is 0.316. The maximum Gasteiger partial charge on any atom is 0.471 e. The molecular weight excluding hydrogens is 409 g/mol. The van der Waals surface area contributed by atoms with E-state index in [0.29, 0.717) is 10.6 Å². The highest BCUT2D eigenvalue weighted by molar-refractivity contribution is 7.89. The third kappa shape index (κ3) is 4.23. The van der Waals surface area contributed by atoms with Crippen LogP contribution in [-0.4, -0.2) is 49.9 Å². The Morgan fingerprint density at radius 1 is 1.03 bits per heavy atom. The van der Waals surface area contributed by atoms with E-state index in [1.807, 2.05) is 0 Å². The molecule has 1 amide bonds. The smallest absolute Gasteiger partial charge is 0.471 e. The summed E-state index contributed by atoms with van der Waals surface area (Å²) in [6, 6.07) is 13.3. The van der Waals surface area contributed by atoms with Gasteiger partial charge in [-0.15, -0.1) is 0 Å². The van der Waals surface area contributed by atoms with E-state index >= 15 is 0 Å². The molecule has 6 nitrogen and oxygen atoms in total. The molecular formula is C19H19F3N2O4S. The number of nitrogens with zero attached hydrogens (tertiary/aromatic N) is 2. The fourth-order valence-corrected chi connectivity index (χ4v) is 4.91. The van der Waals surface area contributed by atoms with Crippen LogP contribution in [0.1, 0.15) is 18.2 Å². The lowest BCUT2D eigenvalue weighted by Crippen LogP contribution is -2.55. The molecule has 10 heteroatoms. The first-order chi connectivity index (χ1) is 13.7. The van der Waals surface area contributed by atoms with Crippen molar-refractivity contribution < 1.29 is 31.1 Å². The van der Waals surface area contributed by atoms with Gasteiger partial charge in [-0.1, -0.05) is 30.3 Å². The normalized spacial score (nSPS) is 18.5. The minimum atomic E-state index is -5.12. The van der Waals surface area contributed by atoms with Crippen molar-refractivity contribution in [2.75, 3.05) is 20.2 Å². The van der Waals surface area contributed by atoms with Crippen molar-refractivity contribution in [1.82, 2.24) is 9.21 Å². The van der Waals surface area contributed by atoms with E-state index in [9.17, 15) is 26.4 Å². The Morgan fingerprint density at radius 3 is 2.21 bits per heavy atom. The zero-order chi connectivity index (χ0) is 21.2. The highest BCUT2D eigenvalue weighted by Gasteiger charge is 2.49. The molecule has 29 heavy (non-hydrogen) atoms. The summed E-state index contributed by atoms with van der Waals surface area (Å²) in [6.07, 6.45) is -6.46. The number of carbonyl (C=O) groups excluding carboxylic acids is 1. The van der Waals surface area contributed by atoms with Gasteiger partial charge in [0.2, 0.25) is 10.0 Å². The molecule has 1 aliphatic heterocycles. The zero-order valence-corrected chi connectivity index (χ0v) is 16.3. The van der Waals surface area contributed by atoms with Crippen LogP contribution in [0.15, 0.2) is 59.5 Å². The second-order valence-corrected chi connectivity index (χ2v) is 8.32. The van der Waals surface area contributed by atoms with Crippen molar-refractivity contribution in [2.24, 2.45) is 0 Å². The van der Waals surface area contributed by atoms with E-state index in [0.717, 1.165) is 4.31 Å². The van der Waals surface area contributed by atoms with E-state index in [1.54, 1.807) is 6.07 Å². The van der Waals surface area contributed by atoms with E-state index in [2.05, 4.69) is 0 Å². The molecule has 0 saturated carbocycles. The minimum absolute atomic E-state index is 0.0183. The molecule has 2 aromatic rings. The third-order valence-electron chi connectivity index (χ3n) is 4.61. The van der Waals surface area contributed by atoms with Crippen LogP contribution in [0.4, 0.5) is 13.2 Å². The Morgan fingerprint density at radius 2 is 1.66 bits per heavy atom. The lowest BCUT2D eigenvalue weighted by molar-refractivity contribution is -0.192. The lowest BCUT2D eigenvalue weighted by atomic mass is 10.1. The molecule has 0 aliphatic carbocycles. The zero-order valence-electron chi connectivity index (χ0n) is 15.5. The molecule has 0 bridgehead atoms. The first-order valence-electron chi connectivity index (χ1n) is 8.75. The highest BCUT2D eigenvalue weighted by Crippen LogP contribution is 2.37. The van der Waals surface area contributed by atoms with E-state index < -0.39 is 28.3 Å². The van der Waals surface area contributed by atoms with Gasteiger partial charge in [0, 0.05) is 13.1 Å². The SMILES string of the molecule is COc1ccc([C@@H]2N(C(=O)C(F)(F)F)CCCN2S(=O)(=O)c2ccccc2)cc1. The number of methoxy groups -OCH3 is 1. The number of hydrogen-bond donors (Lipinski definition) is 0. The molecule has 1 saturated heterocycles. The Balaban J connectivity index is 2.11. The molecule has 1 heterocycles. The molecule has 0 unspecified atom stereocenters. The average Bonchev–Trinajstić information content (AvgIpc) is 2.72. The summed E-state index contributed by atoms with van der Waals surface area (Å²) >= 11 is 0. The number of sulfonamides is 1. The van der Waals surface area contributed by atoms with Crippen LogP contribution in [0, 0.1) is 0 Å². The van der Waals surface area contributed by atoms with Crippen LogP contribution >= 0.6 is 0 Å². The first-order valence-corrected chi connectivity index (χ1v) is 10.2. The van der Waals surface area contributed by atoms with Gasteiger partial charge in [0.25, 0.3) is 0 Å². The monoisotopic (exact) mass is 428 g/mol. The quantitative estimate of drug-likeness (QED) is 0.750. The fourth-order valence-electron chi connectivity index (χ4n) is 3.27. The van der Waals surface area contributed by atoms with Gasteiger partial charge < -0.3 is 9.64 Å². The summed E-state index contributed by atoms with van der Waals surface area (Å²) in [7, 11) is -2.71. The predicted molar refractivity (Wildman–Crippen MR) is 98.5 cm³/mol. The standard InChI is InChI=1S/C19H19F3N2O4S/c1-28-15-10-8-14(9-11-15)17-23(18(25)19(20,21)22)12-5-13-24(17)29(26,27)16-6-3-2-4-7-16/h2-4,6-11,17H,5,12-13H2,1H3/t17-/m1/s1. The molecule has 3 rings (SSSR count). The third-order valence-corrected chi connectivity index (χ3v) is 6.48. The number of alkyl halides is 3. The minimum Gasteiger partial charge on any atom is -0.497 e. The van der Waals surface area contributed by atoms with Crippen molar-refractivity contribution >= 4 is 15.9 Å². The van der Waals surface area contributed by atoms with Crippen LogP contribution < -0.4 is 4.74 Å². The molecule has 0 radical (unpaired) electrons. The van der Waals surface area contributed by atoms with Gasteiger partial charge in [0.15, 0.2) is 0 Å². The van der Waals surface area contributed by atoms with Gasteiger partial charge in [0.05, 0.1) is 12.0 Å². The number of halogens is 3. The molecule has 0 N–H and O–H groups in total. The highest BCUT2D eigenvalue weighted by atomic mass is 32.2. The molecule has 0 aromatic heterocycles. The van der Waals surface area contributed by atoms with Crippen molar-refractivity contribution in [1.29, 1.82) is 0 Å². The van der Waals surface area contributed by atoms with Gasteiger partial charge in [-0.3, -0.25) is 4.79 Å². The number of hydrogen-bond acceptors (Lipinski definition) is 4. The van der Waals surface area contributed by atoms with Gasteiger partial charge >= 0.3 is 12.1 Å². The number of rotatable bonds is 4. The second kappa shape index (κ2) is 8.03. The van der Waals surface area contributed by atoms with Crippen molar-refractivity contribution in [2.45, 2.75) is 23.7 Å². The topological polar surface area (TPSA) is 66.9 Å². The van der Waals surface area contributed by atoms with Crippen LogP contribution in [0.2, 0.25) is 0 Å². The summed E-state index contributed by atoms with van der Waals surface area (Å²) in [6.45, 7) is -0.231. The lowest BCUT2D eigenvalue weighted by Gasteiger charge is -2.43. The number of amides is 1. The Labute approximate surface area is 166 Å².